The number of hydrogen-bond donors (Lipinski definition) is 1. The summed E-state index contributed by atoms with van der Waals surface area (Å²) in [6.45, 7) is 5.05. The summed E-state index contributed by atoms with van der Waals surface area (Å²) in [6, 6.07) is 1.33. The highest BCUT2D eigenvalue weighted by molar-refractivity contribution is 5.92. The average molecular weight is 295 g/mol. The lowest BCUT2D eigenvalue weighted by Gasteiger charge is -2.34. The molecule has 2 rings (SSSR count). The zero-order valence-corrected chi connectivity index (χ0v) is 12.4. The summed E-state index contributed by atoms with van der Waals surface area (Å²) in [4.78, 5) is 25.0. The monoisotopic (exact) mass is 295 g/mol. The summed E-state index contributed by atoms with van der Waals surface area (Å²) >= 11 is 0. The van der Waals surface area contributed by atoms with E-state index < -0.39 is 12.0 Å². The van der Waals surface area contributed by atoms with Gasteiger partial charge in [0.15, 0.2) is 5.76 Å². The second-order valence-electron chi connectivity index (χ2n) is 5.09. The van der Waals surface area contributed by atoms with Crippen molar-refractivity contribution in [3.63, 3.8) is 0 Å². The third kappa shape index (κ3) is 3.44. The molecule has 0 aliphatic carbocycles. The highest BCUT2D eigenvalue weighted by atomic mass is 16.5. The van der Waals surface area contributed by atoms with Gasteiger partial charge in [-0.05, 0) is 18.1 Å². The van der Waals surface area contributed by atoms with E-state index >= 15 is 0 Å². The van der Waals surface area contributed by atoms with Gasteiger partial charge < -0.3 is 19.2 Å². The minimum atomic E-state index is -0.939. The number of rotatable bonds is 5. The first-order valence-corrected chi connectivity index (χ1v) is 7.28. The fourth-order valence-corrected chi connectivity index (χ4v) is 2.60. The molecule has 0 spiro atoms. The van der Waals surface area contributed by atoms with E-state index in [2.05, 4.69) is 0 Å². The van der Waals surface area contributed by atoms with Gasteiger partial charge >= 0.3 is 5.97 Å². The van der Waals surface area contributed by atoms with Gasteiger partial charge in [-0.2, -0.15) is 0 Å². The quantitative estimate of drug-likeness (QED) is 0.894. The molecule has 1 atom stereocenters. The Hall–Kier alpha value is -1.82. The van der Waals surface area contributed by atoms with Crippen molar-refractivity contribution in [2.45, 2.75) is 39.2 Å². The molecule has 6 heteroatoms. The summed E-state index contributed by atoms with van der Waals surface area (Å²) in [5.74, 6) is -0.0740. The summed E-state index contributed by atoms with van der Waals surface area (Å²) < 4.78 is 10.9. The zero-order chi connectivity index (χ0) is 15.4. The Morgan fingerprint density at radius 1 is 1.38 bits per heavy atom. The number of carboxylic acids is 1. The van der Waals surface area contributed by atoms with Crippen LogP contribution in [0.25, 0.3) is 0 Å². The zero-order valence-electron chi connectivity index (χ0n) is 12.4. The number of hydrogen-bond acceptors (Lipinski definition) is 4. The van der Waals surface area contributed by atoms with Gasteiger partial charge in [-0.25, -0.2) is 0 Å². The van der Waals surface area contributed by atoms with Crippen LogP contribution < -0.4 is 0 Å². The third-order valence-corrected chi connectivity index (χ3v) is 3.71. The van der Waals surface area contributed by atoms with Crippen LogP contribution in [-0.2, 0) is 22.4 Å². The van der Waals surface area contributed by atoms with Crippen LogP contribution in [0.5, 0.6) is 0 Å². The molecule has 0 unspecified atom stereocenters. The largest absolute Gasteiger partial charge is 0.481 e. The fourth-order valence-electron chi connectivity index (χ4n) is 2.60. The number of furan rings is 1. The molecule has 1 aliphatic rings. The Balaban J connectivity index is 2.20. The van der Waals surface area contributed by atoms with Gasteiger partial charge in [0.2, 0.25) is 0 Å². The molecule has 1 saturated heterocycles. The van der Waals surface area contributed by atoms with Crippen LogP contribution in [0.4, 0.5) is 0 Å². The highest BCUT2D eigenvalue weighted by Crippen LogP contribution is 2.21. The molecule has 2 heterocycles. The van der Waals surface area contributed by atoms with E-state index in [1.54, 1.807) is 11.0 Å². The fraction of sp³-hybridized carbons (Fsp3) is 0.600. The number of carboxylic acid groups (broad SMARTS) is 1. The molecule has 116 valence electrons. The Kier molecular flexibility index (Phi) is 5.01. The Morgan fingerprint density at radius 3 is 2.71 bits per heavy atom. The Bertz CT molecular complexity index is 501. The number of aryl methyl sites for hydroxylation is 2. The van der Waals surface area contributed by atoms with E-state index in [1.165, 1.54) is 0 Å². The van der Waals surface area contributed by atoms with Crippen LogP contribution in [0, 0.1) is 0 Å². The SMILES string of the molecule is CCc1cc(C(=O)N2CCOC[C@@H]2CC(=O)O)oc1CC. The number of nitrogens with zero attached hydrogens (tertiary/aromatic N) is 1. The second-order valence-corrected chi connectivity index (χ2v) is 5.09. The molecule has 1 N–H and O–H groups in total. The molecule has 1 fully saturated rings. The van der Waals surface area contributed by atoms with E-state index in [0.717, 1.165) is 24.2 Å². The molecule has 1 amide bonds. The molecule has 1 aliphatic heterocycles. The van der Waals surface area contributed by atoms with E-state index in [0.29, 0.717) is 18.9 Å². The van der Waals surface area contributed by atoms with Crippen molar-refractivity contribution in [2.75, 3.05) is 19.8 Å². The average Bonchev–Trinajstić information content (AvgIpc) is 2.89. The molecule has 0 aromatic carbocycles. The second kappa shape index (κ2) is 6.76. The highest BCUT2D eigenvalue weighted by Gasteiger charge is 2.31. The summed E-state index contributed by atoms with van der Waals surface area (Å²) in [7, 11) is 0. The maximum absolute atomic E-state index is 12.6. The normalized spacial score (nSPS) is 18.8. The Morgan fingerprint density at radius 2 is 2.14 bits per heavy atom. The van der Waals surface area contributed by atoms with Gasteiger partial charge in [0.1, 0.15) is 5.76 Å². The lowest BCUT2D eigenvalue weighted by atomic mass is 10.1. The van der Waals surface area contributed by atoms with Gasteiger partial charge in [-0.15, -0.1) is 0 Å². The van der Waals surface area contributed by atoms with Crippen molar-refractivity contribution in [1.82, 2.24) is 4.90 Å². The number of morpholine rings is 1. The molecule has 0 bridgehead atoms. The van der Waals surface area contributed by atoms with Crippen molar-refractivity contribution in [3.8, 4) is 0 Å². The lowest BCUT2D eigenvalue weighted by molar-refractivity contribution is -0.139. The number of amides is 1. The van der Waals surface area contributed by atoms with Gasteiger partial charge in [0.05, 0.1) is 25.7 Å². The maximum atomic E-state index is 12.6. The minimum absolute atomic E-state index is 0.117. The molecule has 1 aromatic rings. The van der Waals surface area contributed by atoms with Crippen molar-refractivity contribution in [2.24, 2.45) is 0 Å². The third-order valence-electron chi connectivity index (χ3n) is 3.71. The minimum Gasteiger partial charge on any atom is -0.481 e. The van der Waals surface area contributed by atoms with E-state index in [1.807, 2.05) is 13.8 Å². The number of aliphatic carboxylic acids is 1. The van der Waals surface area contributed by atoms with E-state index in [4.69, 9.17) is 14.3 Å². The van der Waals surface area contributed by atoms with Crippen LogP contribution in [0.15, 0.2) is 10.5 Å². The van der Waals surface area contributed by atoms with Gasteiger partial charge in [-0.3, -0.25) is 9.59 Å². The first-order valence-electron chi connectivity index (χ1n) is 7.28. The molecule has 0 saturated carbocycles. The van der Waals surface area contributed by atoms with Crippen molar-refractivity contribution < 1.29 is 23.8 Å². The van der Waals surface area contributed by atoms with Crippen LogP contribution in [0.2, 0.25) is 0 Å². The predicted molar refractivity (Wildman–Crippen MR) is 75.4 cm³/mol. The molecule has 1 aromatic heterocycles. The standard InChI is InChI=1S/C15H21NO5/c1-3-10-7-13(21-12(10)4-2)15(19)16-5-6-20-9-11(16)8-14(17)18/h7,11H,3-6,8-9H2,1-2H3,(H,17,18)/t11-/m0/s1. The summed E-state index contributed by atoms with van der Waals surface area (Å²) in [6.07, 6.45) is 1.42. The number of carbonyl (C=O) groups is 2. The van der Waals surface area contributed by atoms with Gasteiger partial charge in [-0.1, -0.05) is 13.8 Å². The first kappa shape index (κ1) is 15.6. The molecule has 6 nitrogen and oxygen atoms in total. The van der Waals surface area contributed by atoms with Crippen LogP contribution >= 0.6 is 0 Å². The molecular weight excluding hydrogens is 274 g/mol. The topological polar surface area (TPSA) is 80.0 Å². The van der Waals surface area contributed by atoms with E-state index in [-0.39, 0.29) is 18.9 Å². The maximum Gasteiger partial charge on any atom is 0.305 e. The van der Waals surface area contributed by atoms with E-state index in [9.17, 15) is 9.59 Å². The number of carbonyl (C=O) groups excluding carboxylic acids is 1. The predicted octanol–water partition coefficient (Wildman–Crippen LogP) is 1.72. The smallest absolute Gasteiger partial charge is 0.305 e. The molecule has 21 heavy (non-hydrogen) atoms. The molecule has 0 radical (unpaired) electrons. The van der Waals surface area contributed by atoms with Crippen LogP contribution in [-0.4, -0.2) is 47.7 Å². The van der Waals surface area contributed by atoms with Crippen molar-refractivity contribution in [1.29, 1.82) is 0 Å². The van der Waals surface area contributed by atoms with Gasteiger partial charge in [0, 0.05) is 13.0 Å². The van der Waals surface area contributed by atoms with Crippen molar-refractivity contribution >= 4 is 11.9 Å². The number of ether oxygens (including phenoxy) is 1. The lowest BCUT2D eigenvalue weighted by Crippen LogP contribution is -2.49. The Labute approximate surface area is 123 Å². The van der Waals surface area contributed by atoms with Crippen LogP contribution in [0.1, 0.15) is 42.1 Å². The first-order chi connectivity index (χ1) is 10.1. The van der Waals surface area contributed by atoms with Gasteiger partial charge in [0.25, 0.3) is 5.91 Å². The summed E-state index contributed by atoms with van der Waals surface area (Å²) in [5.41, 5.74) is 1.03. The summed E-state index contributed by atoms with van der Waals surface area (Å²) in [5, 5.41) is 8.94. The molecular formula is C15H21NO5. The van der Waals surface area contributed by atoms with Crippen molar-refractivity contribution in [3.05, 3.63) is 23.2 Å². The van der Waals surface area contributed by atoms with Crippen LogP contribution in [0.3, 0.4) is 0 Å².